The first-order valence-electron chi connectivity index (χ1n) is 5.42. The fourth-order valence-electron chi connectivity index (χ4n) is 1.54. The maximum Gasteiger partial charge on any atom is 0.312 e. The van der Waals surface area contributed by atoms with Crippen molar-refractivity contribution in [1.29, 1.82) is 0 Å². The van der Waals surface area contributed by atoms with E-state index in [1.165, 1.54) is 12.3 Å². The van der Waals surface area contributed by atoms with Crippen LogP contribution in [0.3, 0.4) is 0 Å². The van der Waals surface area contributed by atoms with Gasteiger partial charge in [0.15, 0.2) is 5.84 Å². The molecule has 0 spiro atoms. The van der Waals surface area contributed by atoms with Gasteiger partial charge in [-0.2, -0.15) is 0 Å². The molecule has 0 fully saturated rings. The molecule has 0 radical (unpaired) electrons. The normalized spacial score (nSPS) is 11.3. The van der Waals surface area contributed by atoms with E-state index >= 15 is 0 Å². The fourth-order valence-corrected chi connectivity index (χ4v) is 1.54. The van der Waals surface area contributed by atoms with Gasteiger partial charge in [-0.1, -0.05) is 5.16 Å². The summed E-state index contributed by atoms with van der Waals surface area (Å²) in [5.74, 6) is 0.0659. The third kappa shape index (κ3) is 2.65. The summed E-state index contributed by atoms with van der Waals surface area (Å²) < 4.78 is 0. The molecule has 0 unspecified atom stereocenters. The smallest absolute Gasteiger partial charge is 0.312 e. The third-order valence-electron chi connectivity index (χ3n) is 2.51. The lowest BCUT2D eigenvalue weighted by molar-refractivity contribution is -0.384. The number of nitro groups is 1. The second-order valence-electron chi connectivity index (χ2n) is 3.48. The summed E-state index contributed by atoms with van der Waals surface area (Å²) in [7, 11) is 0. The first kappa shape index (κ1) is 13.7. The predicted octanol–water partition coefficient (Wildman–Crippen LogP) is 0.931. The van der Waals surface area contributed by atoms with Crippen molar-refractivity contribution in [2.45, 2.75) is 13.8 Å². The minimum atomic E-state index is -0.533. The molecule has 1 aromatic rings. The van der Waals surface area contributed by atoms with Gasteiger partial charge >= 0.3 is 5.69 Å². The maximum absolute atomic E-state index is 11.0. The fraction of sp³-hybridized carbons (Fsp3) is 0.400. The minimum Gasteiger partial charge on any atom is -0.409 e. The second kappa shape index (κ2) is 5.80. The highest BCUT2D eigenvalue weighted by Gasteiger charge is 2.21. The van der Waals surface area contributed by atoms with Gasteiger partial charge < -0.3 is 15.8 Å². The molecule has 3 N–H and O–H groups in total. The zero-order valence-corrected chi connectivity index (χ0v) is 10.2. The summed E-state index contributed by atoms with van der Waals surface area (Å²) in [6.45, 7) is 4.97. The van der Waals surface area contributed by atoms with Crippen LogP contribution in [0, 0.1) is 10.1 Å². The molecule has 1 aromatic heterocycles. The maximum atomic E-state index is 11.0. The van der Waals surface area contributed by atoms with E-state index in [1.807, 2.05) is 13.8 Å². The molecule has 1 heterocycles. The Morgan fingerprint density at radius 3 is 2.67 bits per heavy atom. The number of nitrogens with zero attached hydrogens (tertiary/aromatic N) is 4. The van der Waals surface area contributed by atoms with Crippen LogP contribution in [0.4, 0.5) is 11.5 Å². The molecule has 0 saturated heterocycles. The predicted molar refractivity (Wildman–Crippen MR) is 67.0 cm³/mol. The molecule has 0 aromatic carbocycles. The van der Waals surface area contributed by atoms with E-state index in [4.69, 9.17) is 10.9 Å². The van der Waals surface area contributed by atoms with Gasteiger partial charge in [0.05, 0.1) is 4.92 Å². The summed E-state index contributed by atoms with van der Waals surface area (Å²) in [6.07, 6.45) is 1.34. The lowest BCUT2D eigenvalue weighted by Crippen LogP contribution is -2.24. The van der Waals surface area contributed by atoms with Crippen molar-refractivity contribution in [1.82, 2.24) is 4.98 Å². The topological polar surface area (TPSA) is 118 Å². The van der Waals surface area contributed by atoms with Gasteiger partial charge in [0.2, 0.25) is 5.82 Å². The van der Waals surface area contributed by atoms with E-state index in [1.54, 1.807) is 4.90 Å². The van der Waals surface area contributed by atoms with Crippen molar-refractivity contribution in [2.75, 3.05) is 18.0 Å². The molecule has 8 nitrogen and oxygen atoms in total. The van der Waals surface area contributed by atoms with Crippen LogP contribution in [0.5, 0.6) is 0 Å². The molecule has 0 amide bonds. The molecule has 0 bridgehead atoms. The lowest BCUT2D eigenvalue weighted by Gasteiger charge is -2.19. The molecule has 0 atom stereocenters. The Kier molecular flexibility index (Phi) is 4.41. The Balaban J connectivity index is 3.33. The molecular formula is C10H15N5O3. The van der Waals surface area contributed by atoms with E-state index < -0.39 is 4.92 Å². The lowest BCUT2D eigenvalue weighted by atomic mass is 10.2. The average Bonchev–Trinajstić information content (AvgIpc) is 2.39. The number of amidine groups is 1. The van der Waals surface area contributed by atoms with Gasteiger partial charge in [0.25, 0.3) is 0 Å². The molecule has 0 aliphatic heterocycles. The van der Waals surface area contributed by atoms with Crippen molar-refractivity contribution in [3.8, 4) is 0 Å². The van der Waals surface area contributed by atoms with E-state index in [-0.39, 0.29) is 22.9 Å². The molecule has 8 heteroatoms. The number of aromatic nitrogens is 1. The van der Waals surface area contributed by atoms with Gasteiger partial charge in [0, 0.05) is 30.9 Å². The number of anilines is 1. The highest BCUT2D eigenvalue weighted by atomic mass is 16.6. The summed E-state index contributed by atoms with van der Waals surface area (Å²) in [6, 6.07) is 1.25. The molecule has 0 aliphatic rings. The van der Waals surface area contributed by atoms with Crippen molar-refractivity contribution >= 4 is 17.3 Å². The van der Waals surface area contributed by atoms with Crippen molar-refractivity contribution in [2.24, 2.45) is 10.9 Å². The van der Waals surface area contributed by atoms with Crippen LogP contribution in [0.25, 0.3) is 0 Å². The van der Waals surface area contributed by atoms with Gasteiger partial charge in [-0.15, -0.1) is 0 Å². The Bertz CT molecular complexity index is 471. The van der Waals surface area contributed by atoms with Crippen molar-refractivity contribution in [3.05, 3.63) is 27.9 Å². The van der Waals surface area contributed by atoms with Crippen LogP contribution in [0.2, 0.25) is 0 Å². The zero-order chi connectivity index (χ0) is 13.7. The SMILES string of the molecule is CCN(CC)c1ncc(C(N)=NO)cc1[N+](=O)[O-]. The van der Waals surface area contributed by atoms with Gasteiger partial charge in [0.1, 0.15) is 0 Å². The van der Waals surface area contributed by atoms with Crippen LogP contribution in [0.1, 0.15) is 19.4 Å². The van der Waals surface area contributed by atoms with E-state index in [0.717, 1.165) is 0 Å². The van der Waals surface area contributed by atoms with Gasteiger partial charge in [-0.25, -0.2) is 4.98 Å². The molecular weight excluding hydrogens is 238 g/mol. The van der Waals surface area contributed by atoms with Crippen molar-refractivity contribution in [3.63, 3.8) is 0 Å². The largest absolute Gasteiger partial charge is 0.409 e. The summed E-state index contributed by atoms with van der Waals surface area (Å²) in [5.41, 5.74) is 5.42. The van der Waals surface area contributed by atoms with E-state index in [9.17, 15) is 10.1 Å². The van der Waals surface area contributed by atoms with Gasteiger partial charge in [-0.3, -0.25) is 10.1 Å². The number of rotatable bonds is 5. The number of hydrogen-bond donors (Lipinski definition) is 2. The highest BCUT2D eigenvalue weighted by Crippen LogP contribution is 2.26. The van der Waals surface area contributed by atoms with Crippen LogP contribution < -0.4 is 10.6 Å². The molecule has 0 aliphatic carbocycles. The number of hydrogen-bond acceptors (Lipinski definition) is 6. The summed E-state index contributed by atoms with van der Waals surface area (Å²) >= 11 is 0. The first-order valence-corrected chi connectivity index (χ1v) is 5.42. The molecule has 0 saturated carbocycles. The average molecular weight is 253 g/mol. The molecule has 18 heavy (non-hydrogen) atoms. The monoisotopic (exact) mass is 253 g/mol. The minimum absolute atomic E-state index is 0.164. The van der Waals surface area contributed by atoms with E-state index in [2.05, 4.69) is 10.1 Å². The van der Waals surface area contributed by atoms with Crippen molar-refractivity contribution < 1.29 is 10.1 Å². The summed E-state index contributed by atoms with van der Waals surface area (Å²) in [4.78, 5) is 16.3. The van der Waals surface area contributed by atoms with Crippen LogP contribution in [-0.4, -0.2) is 34.0 Å². The Morgan fingerprint density at radius 1 is 1.61 bits per heavy atom. The molecule has 98 valence electrons. The zero-order valence-electron chi connectivity index (χ0n) is 10.2. The highest BCUT2D eigenvalue weighted by molar-refractivity contribution is 5.97. The Morgan fingerprint density at radius 2 is 2.22 bits per heavy atom. The Hall–Kier alpha value is -2.38. The number of nitrogens with two attached hydrogens (primary N) is 1. The quantitative estimate of drug-likeness (QED) is 0.265. The Labute approximate surface area is 104 Å². The van der Waals surface area contributed by atoms with Crippen LogP contribution in [-0.2, 0) is 0 Å². The summed E-state index contributed by atoms with van der Waals surface area (Å²) in [5, 5.41) is 22.4. The second-order valence-corrected chi connectivity index (χ2v) is 3.48. The van der Waals surface area contributed by atoms with E-state index in [0.29, 0.717) is 13.1 Å². The van der Waals surface area contributed by atoms with Gasteiger partial charge in [-0.05, 0) is 13.8 Å². The third-order valence-corrected chi connectivity index (χ3v) is 2.51. The molecule has 1 rings (SSSR count). The van der Waals surface area contributed by atoms with Crippen LogP contribution >= 0.6 is 0 Å². The first-order chi connectivity index (χ1) is 8.54. The van der Waals surface area contributed by atoms with Crippen LogP contribution in [0.15, 0.2) is 17.4 Å². The standard InChI is InChI=1S/C10H15N5O3/c1-3-14(4-2)10-8(15(17)18)5-7(6-12-10)9(11)13-16/h5-6,16H,3-4H2,1-2H3,(H2,11,13). The number of pyridine rings is 1. The number of oxime groups is 1.